The molecule has 0 N–H and O–H groups in total. The molecule has 0 amide bonds. The van der Waals surface area contributed by atoms with E-state index in [9.17, 15) is 9.59 Å². The zero-order valence-corrected chi connectivity index (χ0v) is 17.5. The second-order valence-electron chi connectivity index (χ2n) is 6.54. The number of allylic oxidation sites excluding steroid dienone is 5. The predicted octanol–water partition coefficient (Wildman–Crippen LogP) is 5.39. The Hall–Kier alpha value is -2.27. The van der Waals surface area contributed by atoms with Gasteiger partial charge in [0.05, 0.1) is 25.3 Å². The quantitative estimate of drug-likeness (QED) is 0.588. The third-order valence-electron chi connectivity index (χ3n) is 4.41. The summed E-state index contributed by atoms with van der Waals surface area (Å²) in [5.74, 6) is 0.376. The van der Waals surface area contributed by atoms with Crippen molar-refractivity contribution in [1.82, 2.24) is 0 Å². The van der Waals surface area contributed by atoms with E-state index in [1.165, 1.54) is 25.9 Å². The molecule has 2 rings (SSSR count). The average molecular weight is 387 g/mol. The van der Waals surface area contributed by atoms with Gasteiger partial charge in [0.2, 0.25) is 0 Å². The van der Waals surface area contributed by atoms with Gasteiger partial charge < -0.3 is 9.47 Å². The third-order valence-corrected chi connectivity index (χ3v) is 5.75. The van der Waals surface area contributed by atoms with Gasteiger partial charge in [-0.2, -0.15) is 0 Å². The second-order valence-corrected chi connectivity index (χ2v) is 7.98. The van der Waals surface area contributed by atoms with Crippen LogP contribution in [0.2, 0.25) is 0 Å². The Kier molecular flexibility index (Phi) is 7.08. The van der Waals surface area contributed by atoms with Crippen molar-refractivity contribution in [2.45, 2.75) is 39.4 Å². The number of fused-ring (bicyclic) bond motifs is 1. The molecule has 0 aromatic heterocycles. The summed E-state index contributed by atoms with van der Waals surface area (Å²) < 4.78 is 10.7. The van der Waals surface area contributed by atoms with Gasteiger partial charge in [0.15, 0.2) is 11.6 Å². The predicted molar refractivity (Wildman–Crippen MR) is 111 cm³/mol. The number of benzene rings is 1. The van der Waals surface area contributed by atoms with Gasteiger partial charge in [-0.3, -0.25) is 9.59 Å². The van der Waals surface area contributed by atoms with Gasteiger partial charge in [-0.15, -0.1) is 11.8 Å². The van der Waals surface area contributed by atoms with Crippen LogP contribution in [0, 0.1) is 0 Å². The van der Waals surface area contributed by atoms with E-state index in [0.717, 1.165) is 4.91 Å². The van der Waals surface area contributed by atoms with E-state index in [1.54, 1.807) is 23.9 Å². The smallest absolute Gasteiger partial charge is 0.194 e. The zero-order valence-electron chi connectivity index (χ0n) is 16.7. The zero-order chi connectivity index (χ0) is 20.1. The molecule has 0 bridgehead atoms. The van der Waals surface area contributed by atoms with Crippen LogP contribution in [0.15, 0.2) is 46.4 Å². The number of Topliss-reactive ketones (excluding diaryl/α,β-unsaturated/α-hetero) is 1. The molecule has 0 saturated heterocycles. The van der Waals surface area contributed by atoms with Crippen molar-refractivity contribution in [3.8, 4) is 11.5 Å². The Balaban J connectivity index is 2.57. The molecular weight excluding hydrogens is 360 g/mol. The molecule has 0 fully saturated rings. The van der Waals surface area contributed by atoms with E-state index in [0.29, 0.717) is 29.1 Å². The fraction of sp³-hybridized carbons (Fsp3) is 0.364. The molecule has 0 spiro atoms. The highest BCUT2D eigenvalue weighted by Crippen LogP contribution is 2.40. The van der Waals surface area contributed by atoms with E-state index in [4.69, 9.17) is 9.47 Å². The summed E-state index contributed by atoms with van der Waals surface area (Å²) in [4.78, 5) is 27.3. The molecule has 0 radical (unpaired) electrons. The van der Waals surface area contributed by atoms with Crippen molar-refractivity contribution in [1.29, 1.82) is 0 Å². The summed E-state index contributed by atoms with van der Waals surface area (Å²) in [5, 5.41) is -0.142. The van der Waals surface area contributed by atoms with Gasteiger partial charge in [-0.1, -0.05) is 17.7 Å². The lowest BCUT2D eigenvalue weighted by Gasteiger charge is -2.24. The van der Waals surface area contributed by atoms with Crippen molar-refractivity contribution in [3.63, 3.8) is 0 Å². The maximum atomic E-state index is 13.4. The topological polar surface area (TPSA) is 52.6 Å². The van der Waals surface area contributed by atoms with Crippen LogP contribution >= 0.6 is 11.8 Å². The SMILES string of the molecule is C/C=C(\C)SC(CC=C(C)C)C1=CC(=O)c2c(OC)ccc(OC)c2C1=O. The standard InChI is InChI=1S/C22H26O4S/c1-7-14(4)27-19(11-8-13(2)3)15-12-16(23)20-17(25-5)9-10-18(26-6)21(20)22(15)24/h7-10,12,19H,11H2,1-6H3/b14-7+. The number of thioether (sulfide) groups is 1. The van der Waals surface area contributed by atoms with Gasteiger partial charge in [-0.25, -0.2) is 0 Å². The number of carbonyl (C=O) groups excluding carboxylic acids is 2. The van der Waals surface area contributed by atoms with Crippen LogP contribution in [0.1, 0.15) is 54.8 Å². The van der Waals surface area contributed by atoms with Crippen LogP contribution in [0.4, 0.5) is 0 Å². The molecule has 5 heteroatoms. The molecule has 144 valence electrons. The van der Waals surface area contributed by atoms with E-state index in [1.807, 2.05) is 33.8 Å². The lowest BCUT2D eigenvalue weighted by Crippen LogP contribution is -2.24. The summed E-state index contributed by atoms with van der Waals surface area (Å²) in [6.45, 7) is 8.02. The van der Waals surface area contributed by atoms with Crippen LogP contribution < -0.4 is 9.47 Å². The first kappa shape index (κ1) is 21.0. The maximum absolute atomic E-state index is 13.4. The Labute approximate surface area is 165 Å². The number of methoxy groups -OCH3 is 2. The number of rotatable bonds is 7. The monoisotopic (exact) mass is 386 g/mol. The van der Waals surface area contributed by atoms with Crippen LogP contribution in [0.5, 0.6) is 11.5 Å². The number of ether oxygens (including phenoxy) is 2. The molecule has 4 nitrogen and oxygen atoms in total. The van der Waals surface area contributed by atoms with Crippen molar-refractivity contribution < 1.29 is 19.1 Å². The molecule has 1 atom stereocenters. The highest BCUT2D eigenvalue weighted by molar-refractivity contribution is 8.03. The van der Waals surface area contributed by atoms with E-state index >= 15 is 0 Å². The third kappa shape index (κ3) is 4.53. The highest BCUT2D eigenvalue weighted by Gasteiger charge is 2.35. The molecule has 1 aromatic carbocycles. The number of hydrogen-bond donors (Lipinski definition) is 0. The normalized spacial score (nSPS) is 15.0. The van der Waals surface area contributed by atoms with E-state index in [2.05, 4.69) is 6.08 Å². The number of ketones is 2. The van der Waals surface area contributed by atoms with Gasteiger partial charge in [-0.05, 0) is 57.2 Å². The first-order valence-corrected chi connectivity index (χ1v) is 9.70. The maximum Gasteiger partial charge on any atom is 0.194 e. The second kappa shape index (κ2) is 9.09. The van der Waals surface area contributed by atoms with Crippen LogP contribution in [0.3, 0.4) is 0 Å². The lowest BCUT2D eigenvalue weighted by atomic mass is 9.86. The van der Waals surface area contributed by atoms with Crippen LogP contribution in [-0.2, 0) is 0 Å². The summed E-state index contributed by atoms with van der Waals surface area (Å²) in [7, 11) is 2.99. The van der Waals surface area contributed by atoms with E-state index < -0.39 is 0 Å². The first-order valence-electron chi connectivity index (χ1n) is 8.82. The van der Waals surface area contributed by atoms with Crippen molar-refractivity contribution in [3.05, 3.63) is 57.5 Å². The van der Waals surface area contributed by atoms with Gasteiger partial charge >= 0.3 is 0 Å². The highest BCUT2D eigenvalue weighted by atomic mass is 32.2. The summed E-state index contributed by atoms with van der Waals surface area (Å²) in [6, 6.07) is 3.32. The minimum Gasteiger partial charge on any atom is -0.496 e. The first-order chi connectivity index (χ1) is 12.8. The Morgan fingerprint density at radius 3 is 2.19 bits per heavy atom. The lowest BCUT2D eigenvalue weighted by molar-refractivity contribution is 0.0977. The molecule has 0 aliphatic heterocycles. The fourth-order valence-electron chi connectivity index (χ4n) is 2.91. The molecule has 27 heavy (non-hydrogen) atoms. The molecule has 1 aliphatic rings. The summed E-state index contributed by atoms with van der Waals surface area (Å²) in [5.41, 5.74) is 2.25. The Morgan fingerprint density at radius 1 is 1.07 bits per heavy atom. The summed E-state index contributed by atoms with van der Waals surface area (Å²) in [6.07, 6.45) is 6.24. The van der Waals surface area contributed by atoms with Crippen LogP contribution in [0.25, 0.3) is 0 Å². The van der Waals surface area contributed by atoms with Gasteiger partial charge in [0.25, 0.3) is 0 Å². The van der Waals surface area contributed by atoms with Crippen molar-refractivity contribution in [2.75, 3.05) is 14.2 Å². The largest absolute Gasteiger partial charge is 0.496 e. The molecule has 1 unspecified atom stereocenters. The molecule has 0 saturated carbocycles. The molecule has 1 aliphatic carbocycles. The molecular formula is C22H26O4S. The molecule has 0 heterocycles. The van der Waals surface area contributed by atoms with Crippen LogP contribution in [-0.4, -0.2) is 31.0 Å². The minimum absolute atomic E-state index is 0.142. The van der Waals surface area contributed by atoms with E-state index in [-0.39, 0.29) is 22.4 Å². The summed E-state index contributed by atoms with van der Waals surface area (Å²) >= 11 is 1.60. The van der Waals surface area contributed by atoms with Crippen molar-refractivity contribution >= 4 is 23.3 Å². The van der Waals surface area contributed by atoms with Gasteiger partial charge in [0, 0.05) is 10.8 Å². The average Bonchev–Trinajstić information content (AvgIpc) is 2.66. The number of hydrogen-bond acceptors (Lipinski definition) is 5. The van der Waals surface area contributed by atoms with Gasteiger partial charge in [0.1, 0.15) is 11.5 Å². The minimum atomic E-state index is -0.226. The Bertz CT molecular complexity index is 842. The molecule has 1 aromatic rings. The Morgan fingerprint density at radius 2 is 1.67 bits per heavy atom. The number of carbonyl (C=O) groups is 2. The van der Waals surface area contributed by atoms with Crippen molar-refractivity contribution in [2.24, 2.45) is 0 Å². The fourth-order valence-corrected chi connectivity index (χ4v) is 3.99.